The van der Waals surface area contributed by atoms with Gasteiger partial charge < -0.3 is 5.11 Å². The van der Waals surface area contributed by atoms with Gasteiger partial charge in [0.05, 0.1) is 6.10 Å². The van der Waals surface area contributed by atoms with Crippen LogP contribution in [-0.4, -0.2) is 30.8 Å². The van der Waals surface area contributed by atoms with E-state index in [0.29, 0.717) is 12.8 Å². The third-order valence-corrected chi connectivity index (χ3v) is 3.32. The topological polar surface area (TPSA) is 83.8 Å². The largest absolute Gasteiger partial charge is 0.397 e. The molecular weight excluding hydrogens is 256 g/mol. The highest BCUT2D eigenvalue weighted by molar-refractivity contribution is 7.80. The quantitative estimate of drug-likeness (QED) is 0.425. The summed E-state index contributed by atoms with van der Waals surface area (Å²) in [6.45, 7) is 2.20. The Balaban J connectivity index is 3.64. The van der Waals surface area contributed by atoms with Crippen LogP contribution in [0, 0.1) is 0 Å². The van der Waals surface area contributed by atoms with Crippen molar-refractivity contribution < 1.29 is 22.3 Å². The Morgan fingerprint density at radius 3 is 2.06 bits per heavy atom. The first-order chi connectivity index (χ1) is 8.49. The van der Waals surface area contributed by atoms with Crippen LogP contribution < -0.4 is 0 Å². The number of unbranched alkanes of at least 4 members (excludes halogenated alkanes) is 5. The molecule has 0 saturated heterocycles. The zero-order valence-corrected chi connectivity index (χ0v) is 12.0. The normalized spacial score (nSPS) is 13.7. The third kappa shape index (κ3) is 12.3. The molecule has 0 radical (unpaired) electrons. The van der Waals surface area contributed by atoms with Crippen molar-refractivity contribution in [2.45, 2.75) is 70.8 Å². The molecule has 0 fully saturated rings. The van der Waals surface area contributed by atoms with Gasteiger partial charge in [-0.2, -0.15) is 8.42 Å². The van der Waals surface area contributed by atoms with Gasteiger partial charge in [-0.3, -0.25) is 4.55 Å². The fraction of sp³-hybridized carbons (Fsp3) is 1.00. The molecular formula is C12H26O5S. The fourth-order valence-corrected chi connectivity index (χ4v) is 2.46. The maximum absolute atomic E-state index is 10.6. The Hall–Kier alpha value is -0.170. The van der Waals surface area contributed by atoms with Crippen LogP contribution in [0.15, 0.2) is 0 Å². The molecule has 0 heterocycles. The second-order valence-electron chi connectivity index (χ2n) is 4.57. The Morgan fingerprint density at radius 2 is 1.56 bits per heavy atom. The van der Waals surface area contributed by atoms with Crippen LogP contribution in [0.3, 0.4) is 0 Å². The van der Waals surface area contributed by atoms with Crippen LogP contribution in [0.2, 0.25) is 0 Å². The second kappa shape index (κ2) is 10.7. The van der Waals surface area contributed by atoms with E-state index >= 15 is 0 Å². The summed E-state index contributed by atoms with van der Waals surface area (Å²) in [5.41, 5.74) is 0. The van der Waals surface area contributed by atoms with E-state index in [1.54, 1.807) is 0 Å². The van der Waals surface area contributed by atoms with E-state index in [9.17, 15) is 8.42 Å². The highest BCUT2D eigenvalue weighted by Gasteiger charge is 2.15. The van der Waals surface area contributed by atoms with Gasteiger partial charge in [-0.05, 0) is 19.3 Å². The Morgan fingerprint density at radius 1 is 1.00 bits per heavy atom. The second-order valence-corrected chi connectivity index (χ2v) is 5.62. The van der Waals surface area contributed by atoms with Gasteiger partial charge in [-0.1, -0.05) is 45.4 Å². The molecule has 0 aliphatic carbocycles. The molecule has 18 heavy (non-hydrogen) atoms. The Bertz CT molecular complexity index is 276. The summed E-state index contributed by atoms with van der Waals surface area (Å²) in [6, 6.07) is 0. The van der Waals surface area contributed by atoms with Crippen LogP contribution in [0.5, 0.6) is 0 Å². The minimum absolute atomic E-state index is 0.251. The molecule has 0 spiro atoms. The smallest absolute Gasteiger partial charge is 0.396 e. The molecule has 0 aliphatic rings. The summed E-state index contributed by atoms with van der Waals surface area (Å²) in [5.74, 6) is 0. The van der Waals surface area contributed by atoms with Gasteiger partial charge in [0.2, 0.25) is 0 Å². The van der Waals surface area contributed by atoms with Crippen molar-refractivity contribution in [1.82, 2.24) is 0 Å². The molecule has 1 unspecified atom stereocenters. The highest BCUT2D eigenvalue weighted by Crippen LogP contribution is 2.15. The van der Waals surface area contributed by atoms with E-state index in [2.05, 4.69) is 4.18 Å². The average molecular weight is 282 g/mol. The molecule has 0 aromatic rings. The van der Waals surface area contributed by atoms with Crippen molar-refractivity contribution in [1.29, 1.82) is 0 Å². The van der Waals surface area contributed by atoms with Crippen molar-refractivity contribution in [3.05, 3.63) is 0 Å². The first-order valence-corrected chi connectivity index (χ1v) is 8.12. The number of rotatable bonds is 12. The number of hydrogen-bond donors (Lipinski definition) is 2. The predicted octanol–water partition coefficient (Wildman–Crippen LogP) is 2.70. The van der Waals surface area contributed by atoms with Gasteiger partial charge in [0.1, 0.15) is 0 Å². The van der Waals surface area contributed by atoms with Crippen molar-refractivity contribution in [3.8, 4) is 0 Å². The van der Waals surface area contributed by atoms with Crippen molar-refractivity contribution in [2.75, 3.05) is 6.61 Å². The van der Waals surface area contributed by atoms with Crippen LogP contribution in [0.4, 0.5) is 0 Å². The molecule has 1 atom stereocenters. The third-order valence-electron chi connectivity index (χ3n) is 2.80. The SMILES string of the molecule is CCCC(CCCCCCCCO)OS(=O)(=O)O. The molecule has 0 amide bonds. The summed E-state index contributed by atoms with van der Waals surface area (Å²) >= 11 is 0. The minimum atomic E-state index is -4.33. The molecule has 5 nitrogen and oxygen atoms in total. The van der Waals surface area contributed by atoms with Crippen molar-refractivity contribution in [2.24, 2.45) is 0 Å². The number of aliphatic hydroxyl groups excluding tert-OH is 1. The lowest BCUT2D eigenvalue weighted by atomic mass is 10.0. The van der Waals surface area contributed by atoms with Crippen LogP contribution >= 0.6 is 0 Å². The minimum Gasteiger partial charge on any atom is -0.396 e. The highest BCUT2D eigenvalue weighted by atomic mass is 32.3. The zero-order valence-electron chi connectivity index (χ0n) is 11.2. The zero-order chi connectivity index (χ0) is 13.9. The lowest BCUT2D eigenvalue weighted by molar-refractivity contribution is 0.160. The van der Waals surface area contributed by atoms with Crippen LogP contribution in [-0.2, 0) is 14.6 Å². The van der Waals surface area contributed by atoms with Gasteiger partial charge in [-0.15, -0.1) is 0 Å². The van der Waals surface area contributed by atoms with E-state index < -0.39 is 16.5 Å². The predicted molar refractivity (Wildman–Crippen MR) is 70.7 cm³/mol. The van der Waals surface area contributed by atoms with Gasteiger partial charge in [0, 0.05) is 6.61 Å². The van der Waals surface area contributed by atoms with Crippen molar-refractivity contribution in [3.63, 3.8) is 0 Å². The van der Waals surface area contributed by atoms with Gasteiger partial charge in [-0.25, -0.2) is 4.18 Å². The first-order valence-electron chi connectivity index (χ1n) is 6.76. The molecule has 2 N–H and O–H groups in total. The fourth-order valence-electron chi connectivity index (χ4n) is 1.93. The molecule has 0 rings (SSSR count). The van der Waals surface area contributed by atoms with E-state index in [1.165, 1.54) is 0 Å². The first kappa shape index (κ1) is 17.8. The van der Waals surface area contributed by atoms with Gasteiger partial charge >= 0.3 is 10.4 Å². The maximum atomic E-state index is 10.6. The van der Waals surface area contributed by atoms with E-state index in [1.807, 2.05) is 6.92 Å². The van der Waals surface area contributed by atoms with E-state index in [4.69, 9.17) is 9.66 Å². The molecule has 6 heteroatoms. The van der Waals surface area contributed by atoms with Gasteiger partial charge in [0.15, 0.2) is 0 Å². The van der Waals surface area contributed by atoms with E-state index in [0.717, 1.165) is 44.9 Å². The standard InChI is InChI=1S/C12H26O5S/c1-2-9-12(17-18(14,15)16)10-7-5-3-4-6-8-11-13/h12-13H,2-11H2,1H3,(H,14,15,16). The Kier molecular flexibility index (Phi) is 10.6. The van der Waals surface area contributed by atoms with Crippen LogP contribution in [0.25, 0.3) is 0 Å². The lowest BCUT2D eigenvalue weighted by Crippen LogP contribution is -2.17. The van der Waals surface area contributed by atoms with Crippen molar-refractivity contribution >= 4 is 10.4 Å². The lowest BCUT2D eigenvalue weighted by Gasteiger charge is -2.14. The van der Waals surface area contributed by atoms with Gasteiger partial charge in [0.25, 0.3) is 0 Å². The molecule has 0 saturated carbocycles. The summed E-state index contributed by atoms with van der Waals surface area (Å²) in [5, 5.41) is 8.61. The number of hydrogen-bond acceptors (Lipinski definition) is 4. The average Bonchev–Trinajstić information content (AvgIpc) is 2.26. The van der Waals surface area contributed by atoms with Crippen LogP contribution in [0.1, 0.15) is 64.7 Å². The molecule has 0 aromatic carbocycles. The molecule has 0 aromatic heterocycles. The maximum Gasteiger partial charge on any atom is 0.397 e. The monoisotopic (exact) mass is 282 g/mol. The summed E-state index contributed by atoms with van der Waals surface area (Å²) in [4.78, 5) is 0. The molecule has 0 bridgehead atoms. The molecule has 110 valence electrons. The summed E-state index contributed by atoms with van der Waals surface area (Å²) in [7, 11) is -4.33. The number of aliphatic hydroxyl groups is 1. The molecule has 0 aliphatic heterocycles. The summed E-state index contributed by atoms with van der Waals surface area (Å²) < 4.78 is 34.5. The van der Waals surface area contributed by atoms with E-state index in [-0.39, 0.29) is 6.61 Å². The summed E-state index contributed by atoms with van der Waals surface area (Å²) in [6.07, 6.45) is 7.74. The Labute approximate surface area is 110 Å².